The molecule has 4 rings (SSSR count). The number of carboxylic acid groups (broad SMARTS) is 1. The lowest BCUT2D eigenvalue weighted by Gasteiger charge is -2.16. The van der Waals surface area contributed by atoms with Gasteiger partial charge in [0.15, 0.2) is 0 Å². The highest BCUT2D eigenvalue weighted by Crippen LogP contribution is 2.44. The largest absolute Gasteiger partial charge is 0.481 e. The summed E-state index contributed by atoms with van der Waals surface area (Å²) in [6, 6.07) is 16.0. The summed E-state index contributed by atoms with van der Waals surface area (Å²) in [5.74, 6) is -1.18. The van der Waals surface area contributed by atoms with E-state index in [0.29, 0.717) is 19.4 Å². The maximum absolute atomic E-state index is 12.4. The number of nitrogens with one attached hydrogen (secondary N) is 2. The number of carboxylic acids is 1. The van der Waals surface area contributed by atoms with Crippen LogP contribution in [0.5, 0.6) is 0 Å². The minimum atomic E-state index is -0.919. The molecular weight excluding hydrogens is 420 g/mol. The summed E-state index contributed by atoms with van der Waals surface area (Å²) in [5, 5.41) is 14.6. The van der Waals surface area contributed by atoms with Crippen LogP contribution in [0.3, 0.4) is 0 Å². The number of carbonyl (C=O) groups excluding carboxylic acids is 2. The molecule has 0 spiro atoms. The van der Waals surface area contributed by atoms with E-state index in [1.807, 2.05) is 31.2 Å². The van der Waals surface area contributed by atoms with Crippen molar-refractivity contribution in [1.29, 1.82) is 0 Å². The number of alkyl carbamates (subject to hydrolysis) is 1. The van der Waals surface area contributed by atoms with Gasteiger partial charge < -0.3 is 20.5 Å². The molecule has 2 aliphatic carbocycles. The van der Waals surface area contributed by atoms with Crippen molar-refractivity contribution in [2.75, 3.05) is 13.2 Å². The summed E-state index contributed by atoms with van der Waals surface area (Å²) in [7, 11) is 0. The highest BCUT2D eigenvalue weighted by molar-refractivity contribution is 5.82. The second-order valence-corrected chi connectivity index (χ2v) is 8.90. The molecule has 7 heteroatoms. The smallest absolute Gasteiger partial charge is 0.407 e. The number of rotatable bonds is 10. The van der Waals surface area contributed by atoms with Crippen molar-refractivity contribution in [2.24, 2.45) is 11.8 Å². The summed E-state index contributed by atoms with van der Waals surface area (Å²) in [6.07, 6.45) is 1.55. The van der Waals surface area contributed by atoms with E-state index < -0.39 is 12.1 Å². The van der Waals surface area contributed by atoms with E-state index in [2.05, 4.69) is 34.9 Å². The predicted molar refractivity (Wildman–Crippen MR) is 124 cm³/mol. The van der Waals surface area contributed by atoms with Crippen molar-refractivity contribution in [3.8, 4) is 11.1 Å². The second-order valence-electron chi connectivity index (χ2n) is 8.90. The lowest BCUT2D eigenvalue weighted by atomic mass is 9.98. The van der Waals surface area contributed by atoms with E-state index in [1.165, 1.54) is 11.1 Å². The van der Waals surface area contributed by atoms with Crippen LogP contribution < -0.4 is 10.6 Å². The van der Waals surface area contributed by atoms with Crippen LogP contribution in [0, 0.1) is 11.8 Å². The highest BCUT2D eigenvalue weighted by atomic mass is 16.5. The van der Waals surface area contributed by atoms with Crippen molar-refractivity contribution in [1.82, 2.24) is 10.6 Å². The van der Waals surface area contributed by atoms with Gasteiger partial charge in [-0.3, -0.25) is 9.59 Å². The minimum absolute atomic E-state index is 0.00679. The van der Waals surface area contributed by atoms with E-state index in [0.717, 1.165) is 17.5 Å². The van der Waals surface area contributed by atoms with E-state index >= 15 is 0 Å². The zero-order chi connectivity index (χ0) is 23.4. The van der Waals surface area contributed by atoms with Crippen molar-refractivity contribution in [3.05, 3.63) is 59.7 Å². The van der Waals surface area contributed by atoms with E-state index in [9.17, 15) is 14.4 Å². The molecule has 2 amide bonds. The molecular formula is C26H30N2O5. The lowest BCUT2D eigenvalue weighted by Crippen LogP contribution is -2.38. The van der Waals surface area contributed by atoms with Crippen LogP contribution >= 0.6 is 0 Å². The first kappa shape index (κ1) is 22.8. The van der Waals surface area contributed by atoms with Crippen molar-refractivity contribution in [3.63, 3.8) is 0 Å². The molecule has 2 aliphatic rings. The summed E-state index contributed by atoms with van der Waals surface area (Å²) in [5.41, 5.74) is 4.68. The van der Waals surface area contributed by atoms with Gasteiger partial charge in [-0.15, -0.1) is 0 Å². The van der Waals surface area contributed by atoms with Gasteiger partial charge in [-0.25, -0.2) is 4.79 Å². The van der Waals surface area contributed by atoms with Crippen LogP contribution in [-0.4, -0.2) is 42.3 Å². The Labute approximate surface area is 193 Å². The Morgan fingerprint density at radius 1 is 1.06 bits per heavy atom. The highest BCUT2D eigenvalue weighted by Gasteiger charge is 2.43. The first-order valence-corrected chi connectivity index (χ1v) is 11.6. The van der Waals surface area contributed by atoms with Gasteiger partial charge in [-0.05, 0) is 41.0 Å². The Kier molecular flexibility index (Phi) is 6.96. The molecule has 33 heavy (non-hydrogen) atoms. The van der Waals surface area contributed by atoms with Gasteiger partial charge in [0.2, 0.25) is 5.91 Å². The zero-order valence-corrected chi connectivity index (χ0v) is 18.8. The number of fused-ring (bicyclic) bond motifs is 3. The average molecular weight is 451 g/mol. The van der Waals surface area contributed by atoms with Crippen LogP contribution in [0.4, 0.5) is 4.79 Å². The van der Waals surface area contributed by atoms with Gasteiger partial charge in [-0.2, -0.15) is 0 Å². The van der Waals surface area contributed by atoms with Crippen molar-refractivity contribution in [2.45, 2.75) is 44.6 Å². The Hall–Kier alpha value is -3.35. The molecule has 2 aromatic carbocycles. The maximum atomic E-state index is 12.4. The predicted octanol–water partition coefficient (Wildman–Crippen LogP) is 3.92. The molecule has 174 valence electrons. The van der Waals surface area contributed by atoms with E-state index in [1.54, 1.807) is 0 Å². The maximum Gasteiger partial charge on any atom is 0.407 e. The third kappa shape index (κ3) is 5.35. The van der Waals surface area contributed by atoms with Gasteiger partial charge in [0.25, 0.3) is 0 Å². The molecule has 0 heterocycles. The van der Waals surface area contributed by atoms with Crippen LogP contribution in [0.2, 0.25) is 0 Å². The van der Waals surface area contributed by atoms with Crippen LogP contribution in [0.15, 0.2) is 48.5 Å². The SMILES string of the molecule is CCC[C@H](CC(=O)O)NC(=O)C1CC1CNC(=O)OCC1c2ccccc2-c2ccccc21. The fraction of sp³-hybridized carbons (Fsp3) is 0.423. The molecule has 0 bridgehead atoms. The van der Waals surface area contributed by atoms with Gasteiger partial charge in [-0.1, -0.05) is 61.9 Å². The molecule has 0 radical (unpaired) electrons. The number of ether oxygens (including phenoxy) is 1. The fourth-order valence-corrected chi connectivity index (χ4v) is 4.75. The molecule has 3 N–H and O–H groups in total. The number of benzene rings is 2. The Morgan fingerprint density at radius 2 is 1.70 bits per heavy atom. The topological polar surface area (TPSA) is 105 Å². The second kappa shape index (κ2) is 10.1. The van der Waals surface area contributed by atoms with Gasteiger partial charge in [0, 0.05) is 24.4 Å². The molecule has 0 aliphatic heterocycles. The molecule has 0 aromatic heterocycles. The Bertz CT molecular complexity index is 991. The number of hydrogen-bond acceptors (Lipinski definition) is 4. The van der Waals surface area contributed by atoms with E-state index in [-0.39, 0.29) is 42.7 Å². The summed E-state index contributed by atoms with van der Waals surface area (Å²) >= 11 is 0. The Balaban J connectivity index is 1.23. The minimum Gasteiger partial charge on any atom is -0.481 e. The molecule has 3 atom stereocenters. The molecule has 2 unspecified atom stereocenters. The summed E-state index contributed by atoms with van der Waals surface area (Å²) < 4.78 is 5.54. The first-order valence-electron chi connectivity index (χ1n) is 11.6. The number of amides is 2. The quantitative estimate of drug-likeness (QED) is 0.509. The van der Waals surface area contributed by atoms with E-state index in [4.69, 9.17) is 9.84 Å². The molecule has 0 saturated heterocycles. The number of carbonyl (C=O) groups is 3. The van der Waals surface area contributed by atoms with Crippen LogP contribution in [0.1, 0.15) is 49.7 Å². The van der Waals surface area contributed by atoms with Crippen molar-refractivity contribution >= 4 is 18.0 Å². The van der Waals surface area contributed by atoms with Crippen LogP contribution in [0.25, 0.3) is 11.1 Å². The average Bonchev–Trinajstić information content (AvgIpc) is 3.51. The van der Waals surface area contributed by atoms with Gasteiger partial charge in [0.05, 0.1) is 6.42 Å². The van der Waals surface area contributed by atoms with Crippen LogP contribution in [-0.2, 0) is 14.3 Å². The molecule has 7 nitrogen and oxygen atoms in total. The van der Waals surface area contributed by atoms with Crippen molar-refractivity contribution < 1.29 is 24.2 Å². The molecule has 1 saturated carbocycles. The zero-order valence-electron chi connectivity index (χ0n) is 18.8. The summed E-state index contributed by atoms with van der Waals surface area (Å²) in [6.45, 7) is 2.58. The molecule has 1 fully saturated rings. The number of aliphatic carboxylic acids is 1. The monoisotopic (exact) mass is 450 g/mol. The van der Waals surface area contributed by atoms with Gasteiger partial charge >= 0.3 is 12.1 Å². The summed E-state index contributed by atoms with van der Waals surface area (Å²) in [4.78, 5) is 35.7. The van der Waals surface area contributed by atoms with Gasteiger partial charge in [0.1, 0.15) is 6.61 Å². The third-order valence-corrected chi connectivity index (χ3v) is 6.52. The standard InChI is InChI=1S/C26H30N2O5/c1-2-7-17(13-24(29)30)28-25(31)22-12-16(22)14-27-26(32)33-15-23-20-10-5-3-8-18(20)19-9-4-6-11-21(19)23/h3-6,8-11,16-17,22-23H,2,7,12-15H2,1H3,(H,27,32)(H,28,31)(H,29,30)/t16?,17-,22?/m1/s1. The lowest BCUT2D eigenvalue weighted by molar-refractivity contribution is -0.137. The fourth-order valence-electron chi connectivity index (χ4n) is 4.75. The normalized spacial score (nSPS) is 19.2. The number of hydrogen-bond donors (Lipinski definition) is 3. The Morgan fingerprint density at radius 3 is 2.30 bits per heavy atom. The molecule has 2 aromatic rings. The first-order chi connectivity index (χ1) is 16.0. The third-order valence-electron chi connectivity index (χ3n) is 6.52.